The fraction of sp³-hybridized carbons (Fsp3) is 0.348. The topological polar surface area (TPSA) is 77.3 Å². The van der Waals surface area contributed by atoms with E-state index in [-0.39, 0.29) is 29.5 Å². The number of carbonyl (C=O) groups excluding carboxylic acids is 1. The highest BCUT2D eigenvalue weighted by molar-refractivity contribution is 6.15. The first-order chi connectivity index (χ1) is 14.5. The number of ketones is 1. The number of quaternary nitrogens is 1. The SMILES string of the molecule is Cc1cc([O-])c(C[NH+]2CCN(CCO)CC2)c2c1C(=O)/C(=C/c1ccccc1F)O2. The molecule has 1 fully saturated rings. The van der Waals surface area contributed by atoms with Crippen molar-refractivity contribution in [2.75, 3.05) is 39.3 Å². The summed E-state index contributed by atoms with van der Waals surface area (Å²) in [5, 5.41) is 21.8. The summed E-state index contributed by atoms with van der Waals surface area (Å²) in [6, 6.07) is 7.66. The van der Waals surface area contributed by atoms with E-state index in [1.165, 1.54) is 23.1 Å². The standard InChI is InChI=1S/C23H25FN2O4/c1-15-12-19(28)17(14-26-8-6-25(7-9-26)10-11-27)23-21(15)22(29)20(30-23)13-16-4-2-3-5-18(16)24/h2-5,12-13,27-28H,6-11,14H2,1H3/b20-13-. The first kappa shape index (κ1) is 20.5. The van der Waals surface area contributed by atoms with Crippen molar-refractivity contribution < 1.29 is 29.0 Å². The molecule has 0 atom stereocenters. The van der Waals surface area contributed by atoms with Crippen LogP contribution in [-0.4, -0.2) is 55.1 Å². The van der Waals surface area contributed by atoms with E-state index in [2.05, 4.69) is 4.90 Å². The van der Waals surface area contributed by atoms with Crippen molar-refractivity contribution in [2.45, 2.75) is 13.5 Å². The molecular formula is C23H25FN2O4. The Morgan fingerprint density at radius 3 is 2.73 bits per heavy atom. The van der Waals surface area contributed by atoms with Gasteiger partial charge in [0.25, 0.3) is 0 Å². The van der Waals surface area contributed by atoms with Crippen LogP contribution in [0.1, 0.15) is 27.0 Å². The Bertz CT molecular complexity index is 997. The van der Waals surface area contributed by atoms with E-state index < -0.39 is 5.82 Å². The number of β-amino-alcohol motifs (C(OH)–C–C–N with tert-alkyl or cyclic N) is 1. The molecule has 2 aliphatic rings. The third kappa shape index (κ3) is 3.96. The highest BCUT2D eigenvalue weighted by Crippen LogP contribution is 2.40. The van der Waals surface area contributed by atoms with Crippen molar-refractivity contribution in [1.29, 1.82) is 0 Å². The van der Waals surface area contributed by atoms with Crippen LogP contribution in [0.15, 0.2) is 36.1 Å². The summed E-state index contributed by atoms with van der Waals surface area (Å²) in [6.07, 6.45) is 1.39. The number of nitrogens with zero attached hydrogens (tertiary/aromatic N) is 1. The van der Waals surface area contributed by atoms with Crippen molar-refractivity contribution in [3.8, 4) is 11.5 Å². The van der Waals surface area contributed by atoms with Crippen LogP contribution in [-0.2, 0) is 6.54 Å². The predicted octanol–water partition coefficient (Wildman–Crippen LogP) is 0.517. The van der Waals surface area contributed by atoms with Gasteiger partial charge in [-0.1, -0.05) is 30.0 Å². The first-order valence-corrected chi connectivity index (χ1v) is 10.2. The number of ether oxygens (including phenoxy) is 1. The molecule has 0 aromatic heterocycles. The summed E-state index contributed by atoms with van der Waals surface area (Å²) < 4.78 is 19.9. The largest absolute Gasteiger partial charge is 0.872 e. The van der Waals surface area contributed by atoms with Gasteiger partial charge in [-0.3, -0.25) is 9.69 Å². The molecule has 0 spiro atoms. The number of aliphatic hydroxyl groups excluding tert-OH is 1. The summed E-state index contributed by atoms with van der Waals surface area (Å²) in [5.74, 6) is -0.555. The minimum Gasteiger partial charge on any atom is -0.872 e. The molecule has 0 unspecified atom stereocenters. The molecule has 4 rings (SSSR count). The van der Waals surface area contributed by atoms with Crippen LogP contribution in [0.25, 0.3) is 6.08 Å². The number of aryl methyl sites for hydroxylation is 1. The number of hydrogen-bond donors (Lipinski definition) is 2. The lowest BCUT2D eigenvalue weighted by Gasteiger charge is -2.32. The number of Topliss-reactive ketones (excluding diaryl/α,β-unsaturated/α-hetero) is 1. The van der Waals surface area contributed by atoms with Crippen LogP contribution >= 0.6 is 0 Å². The quantitative estimate of drug-likeness (QED) is 0.701. The third-order valence-electron chi connectivity index (χ3n) is 5.80. The van der Waals surface area contributed by atoms with E-state index in [0.29, 0.717) is 35.5 Å². The van der Waals surface area contributed by atoms with Crippen LogP contribution in [0.4, 0.5) is 4.39 Å². The number of allylic oxidation sites excluding steroid dienone is 1. The summed E-state index contributed by atoms with van der Waals surface area (Å²) in [6.45, 7) is 6.35. The molecule has 2 aliphatic heterocycles. The normalized spacial score (nSPS) is 18.6. The smallest absolute Gasteiger partial charge is 0.232 e. The molecule has 0 saturated carbocycles. The van der Waals surface area contributed by atoms with Gasteiger partial charge < -0.3 is 19.8 Å². The average molecular weight is 412 g/mol. The van der Waals surface area contributed by atoms with Crippen molar-refractivity contribution in [3.63, 3.8) is 0 Å². The van der Waals surface area contributed by atoms with E-state index in [1.54, 1.807) is 25.1 Å². The maximum Gasteiger partial charge on any atom is 0.232 e. The van der Waals surface area contributed by atoms with Crippen LogP contribution in [0.5, 0.6) is 11.5 Å². The van der Waals surface area contributed by atoms with Crippen molar-refractivity contribution >= 4 is 11.9 Å². The fourth-order valence-corrected chi connectivity index (χ4v) is 4.13. The minimum atomic E-state index is -0.441. The van der Waals surface area contributed by atoms with Crippen LogP contribution in [0.2, 0.25) is 0 Å². The molecule has 158 valence electrons. The molecule has 0 amide bonds. The van der Waals surface area contributed by atoms with Crippen LogP contribution < -0.4 is 14.7 Å². The second-order valence-corrected chi connectivity index (χ2v) is 7.83. The average Bonchev–Trinajstić information content (AvgIpc) is 3.05. The van der Waals surface area contributed by atoms with E-state index >= 15 is 0 Å². The number of carbonyl (C=O) groups is 1. The molecule has 6 nitrogen and oxygen atoms in total. The van der Waals surface area contributed by atoms with Gasteiger partial charge >= 0.3 is 0 Å². The predicted molar refractivity (Wildman–Crippen MR) is 108 cm³/mol. The van der Waals surface area contributed by atoms with E-state index in [1.807, 2.05) is 0 Å². The van der Waals surface area contributed by atoms with Crippen molar-refractivity contribution in [3.05, 3.63) is 64.2 Å². The molecule has 0 radical (unpaired) electrons. The number of piperazine rings is 1. The molecule has 2 heterocycles. The highest BCUT2D eigenvalue weighted by Gasteiger charge is 2.33. The fourth-order valence-electron chi connectivity index (χ4n) is 4.13. The minimum absolute atomic E-state index is 0.0350. The van der Waals surface area contributed by atoms with Gasteiger partial charge in [-0.2, -0.15) is 0 Å². The molecule has 0 aliphatic carbocycles. The Hall–Kier alpha value is -2.74. The van der Waals surface area contributed by atoms with Gasteiger partial charge in [0.15, 0.2) is 5.76 Å². The number of nitrogens with one attached hydrogen (secondary N) is 1. The number of aliphatic hydroxyl groups is 1. The van der Waals surface area contributed by atoms with Gasteiger partial charge in [0.2, 0.25) is 5.78 Å². The molecule has 0 bridgehead atoms. The van der Waals surface area contributed by atoms with Gasteiger partial charge in [0.05, 0.1) is 25.3 Å². The zero-order valence-electron chi connectivity index (χ0n) is 16.9. The number of benzene rings is 2. The maximum atomic E-state index is 14.0. The number of rotatable bonds is 5. The second-order valence-electron chi connectivity index (χ2n) is 7.83. The van der Waals surface area contributed by atoms with E-state index in [9.17, 15) is 14.3 Å². The zero-order valence-corrected chi connectivity index (χ0v) is 16.9. The lowest BCUT2D eigenvalue weighted by molar-refractivity contribution is -0.918. The molecule has 2 N–H and O–H groups in total. The number of hydrogen-bond acceptors (Lipinski definition) is 5. The van der Waals surface area contributed by atoms with Gasteiger partial charge in [-0.25, -0.2) is 4.39 Å². The summed E-state index contributed by atoms with van der Waals surface area (Å²) in [7, 11) is 0. The van der Waals surface area contributed by atoms with Gasteiger partial charge in [-0.15, -0.1) is 0 Å². The molecule has 2 aromatic carbocycles. The lowest BCUT2D eigenvalue weighted by atomic mass is 9.99. The monoisotopic (exact) mass is 412 g/mol. The Morgan fingerprint density at radius 2 is 2.03 bits per heavy atom. The number of fused-ring (bicyclic) bond motifs is 1. The Morgan fingerprint density at radius 1 is 1.30 bits per heavy atom. The number of halogens is 1. The van der Waals surface area contributed by atoms with E-state index in [0.717, 1.165) is 26.2 Å². The Balaban J connectivity index is 1.61. The Kier molecular flexibility index (Phi) is 5.85. The first-order valence-electron chi connectivity index (χ1n) is 10.2. The van der Waals surface area contributed by atoms with Crippen LogP contribution in [0.3, 0.4) is 0 Å². The summed E-state index contributed by atoms with van der Waals surface area (Å²) >= 11 is 0. The zero-order chi connectivity index (χ0) is 21.3. The second kappa shape index (κ2) is 8.55. The summed E-state index contributed by atoms with van der Waals surface area (Å²) in [4.78, 5) is 16.4. The summed E-state index contributed by atoms with van der Waals surface area (Å²) in [5.41, 5.74) is 1.72. The molecule has 30 heavy (non-hydrogen) atoms. The molecule has 7 heteroatoms. The van der Waals surface area contributed by atoms with Gasteiger partial charge in [0.1, 0.15) is 18.1 Å². The van der Waals surface area contributed by atoms with Crippen LogP contribution in [0, 0.1) is 12.7 Å². The van der Waals surface area contributed by atoms with E-state index in [4.69, 9.17) is 9.84 Å². The Labute approximate surface area is 174 Å². The van der Waals surface area contributed by atoms with Crippen molar-refractivity contribution in [1.82, 2.24) is 4.90 Å². The van der Waals surface area contributed by atoms with Gasteiger partial charge in [0, 0.05) is 30.8 Å². The van der Waals surface area contributed by atoms with Crippen molar-refractivity contribution in [2.24, 2.45) is 0 Å². The lowest BCUT2D eigenvalue weighted by Crippen LogP contribution is -3.13. The maximum absolute atomic E-state index is 14.0. The third-order valence-corrected chi connectivity index (χ3v) is 5.80. The molecule has 2 aromatic rings. The molecular weight excluding hydrogens is 387 g/mol. The van der Waals surface area contributed by atoms with Gasteiger partial charge in [-0.05, 0) is 24.6 Å². The molecule has 1 saturated heterocycles. The highest BCUT2D eigenvalue weighted by atomic mass is 19.1.